The second-order valence-corrected chi connectivity index (χ2v) is 3.62. The van der Waals surface area contributed by atoms with Gasteiger partial charge in [-0.25, -0.2) is 0 Å². The third-order valence-electron chi connectivity index (χ3n) is 2.62. The van der Waals surface area contributed by atoms with E-state index in [0.29, 0.717) is 5.92 Å². The minimum Gasteiger partial charge on any atom is -0.303 e. The molecule has 1 aliphatic heterocycles. The lowest BCUT2D eigenvalue weighted by atomic mass is 9.98. The number of unbranched alkanes of at least 4 members (excludes halogenated alkanes) is 1. The summed E-state index contributed by atoms with van der Waals surface area (Å²) in [6, 6.07) is 0. The molecule has 0 N–H and O–H groups in total. The van der Waals surface area contributed by atoms with Gasteiger partial charge in [-0.3, -0.25) is 0 Å². The predicted molar refractivity (Wildman–Crippen MR) is 53.3 cm³/mol. The lowest BCUT2D eigenvalue weighted by Gasteiger charge is -2.29. The summed E-state index contributed by atoms with van der Waals surface area (Å²) in [5, 5.41) is 0. The van der Waals surface area contributed by atoms with E-state index < -0.39 is 0 Å². The number of carbonyl (C=O) groups excluding carboxylic acids is 1. The van der Waals surface area contributed by atoms with Crippen LogP contribution in [-0.4, -0.2) is 30.8 Å². The summed E-state index contributed by atoms with van der Waals surface area (Å²) in [7, 11) is 0. The van der Waals surface area contributed by atoms with Crippen LogP contribution < -0.4 is 0 Å². The van der Waals surface area contributed by atoms with Crippen molar-refractivity contribution in [1.82, 2.24) is 4.90 Å². The average Bonchev–Trinajstić information content (AvgIpc) is 2.19. The highest BCUT2D eigenvalue weighted by atomic mass is 16.1. The first kappa shape index (κ1) is 10.3. The number of likely N-dealkylation sites (tertiary alicyclic amines) is 1. The Morgan fingerprint density at radius 2 is 2.15 bits per heavy atom. The van der Waals surface area contributed by atoms with Crippen molar-refractivity contribution in [1.29, 1.82) is 0 Å². The third-order valence-corrected chi connectivity index (χ3v) is 2.62. The first-order chi connectivity index (χ1) is 6.36. The van der Waals surface area contributed by atoms with E-state index in [2.05, 4.69) is 10.8 Å². The molecule has 0 saturated carbocycles. The van der Waals surface area contributed by atoms with Gasteiger partial charge in [-0.2, -0.15) is 0 Å². The minimum absolute atomic E-state index is 0.309. The average molecular weight is 179 g/mol. The fraction of sp³-hybridized carbons (Fsp3) is 0.727. The van der Waals surface area contributed by atoms with E-state index in [-0.39, 0.29) is 0 Å². The summed E-state index contributed by atoms with van der Waals surface area (Å²) in [4.78, 5) is 12.9. The van der Waals surface area contributed by atoms with Crippen molar-refractivity contribution in [3.05, 3.63) is 0 Å². The summed E-state index contributed by atoms with van der Waals surface area (Å²) in [5.41, 5.74) is 0. The van der Waals surface area contributed by atoms with Crippen molar-refractivity contribution >= 4 is 6.29 Å². The van der Waals surface area contributed by atoms with Gasteiger partial charge in [0.25, 0.3) is 0 Å². The zero-order chi connectivity index (χ0) is 9.52. The summed E-state index contributed by atoms with van der Waals surface area (Å²) >= 11 is 0. The molecule has 1 fully saturated rings. The highest BCUT2D eigenvalue weighted by Crippen LogP contribution is 2.14. The molecule has 0 aliphatic carbocycles. The lowest BCUT2D eigenvalue weighted by molar-refractivity contribution is -0.112. The smallest absolute Gasteiger partial charge is 0.123 e. The molecule has 1 saturated heterocycles. The minimum atomic E-state index is 0.309. The SMILES string of the molecule is C#CCCCN1CCC(C=O)CC1. The molecule has 13 heavy (non-hydrogen) atoms. The van der Waals surface area contributed by atoms with Gasteiger partial charge in [-0.05, 0) is 38.9 Å². The Hall–Kier alpha value is -0.810. The summed E-state index contributed by atoms with van der Waals surface area (Å²) in [5.74, 6) is 2.95. The maximum atomic E-state index is 10.5. The highest BCUT2D eigenvalue weighted by Gasteiger charge is 2.17. The van der Waals surface area contributed by atoms with Crippen molar-refractivity contribution in [2.45, 2.75) is 25.7 Å². The second kappa shape index (κ2) is 5.77. The van der Waals surface area contributed by atoms with Crippen LogP contribution in [-0.2, 0) is 4.79 Å². The Kier molecular flexibility index (Phi) is 4.56. The molecule has 0 aromatic heterocycles. The number of aldehydes is 1. The topological polar surface area (TPSA) is 20.3 Å². The van der Waals surface area contributed by atoms with E-state index >= 15 is 0 Å². The van der Waals surface area contributed by atoms with Crippen LogP contribution in [0.1, 0.15) is 25.7 Å². The van der Waals surface area contributed by atoms with Gasteiger partial charge < -0.3 is 9.69 Å². The molecule has 0 aromatic carbocycles. The van der Waals surface area contributed by atoms with E-state index in [4.69, 9.17) is 6.42 Å². The number of carbonyl (C=O) groups is 1. The number of terminal acetylenes is 1. The van der Waals surface area contributed by atoms with Crippen LogP contribution in [0.2, 0.25) is 0 Å². The van der Waals surface area contributed by atoms with Crippen LogP contribution in [0.4, 0.5) is 0 Å². The molecule has 2 nitrogen and oxygen atoms in total. The van der Waals surface area contributed by atoms with Crippen LogP contribution in [0, 0.1) is 18.3 Å². The maximum absolute atomic E-state index is 10.5. The molecular weight excluding hydrogens is 162 g/mol. The molecule has 72 valence electrons. The van der Waals surface area contributed by atoms with Gasteiger partial charge in [-0.15, -0.1) is 12.3 Å². The van der Waals surface area contributed by atoms with Gasteiger partial charge in [0.15, 0.2) is 0 Å². The van der Waals surface area contributed by atoms with Crippen LogP contribution in [0.3, 0.4) is 0 Å². The Bertz CT molecular complexity index is 187. The van der Waals surface area contributed by atoms with Gasteiger partial charge in [0, 0.05) is 12.3 Å². The largest absolute Gasteiger partial charge is 0.303 e. The zero-order valence-electron chi connectivity index (χ0n) is 8.04. The van der Waals surface area contributed by atoms with Gasteiger partial charge in [0.2, 0.25) is 0 Å². The lowest BCUT2D eigenvalue weighted by Crippen LogP contribution is -2.34. The fourth-order valence-electron chi connectivity index (χ4n) is 1.72. The number of hydrogen-bond donors (Lipinski definition) is 0. The van der Waals surface area contributed by atoms with Crippen LogP contribution in [0.5, 0.6) is 0 Å². The van der Waals surface area contributed by atoms with E-state index in [1.54, 1.807) is 0 Å². The molecule has 0 atom stereocenters. The normalized spacial score (nSPS) is 19.6. The Morgan fingerprint density at radius 1 is 1.46 bits per heavy atom. The number of hydrogen-bond acceptors (Lipinski definition) is 2. The molecule has 0 bridgehead atoms. The molecule has 0 spiro atoms. The summed E-state index contributed by atoms with van der Waals surface area (Å²) in [6.07, 6.45) is 10.3. The monoisotopic (exact) mass is 179 g/mol. The number of nitrogens with zero attached hydrogens (tertiary/aromatic N) is 1. The summed E-state index contributed by atoms with van der Waals surface area (Å²) in [6.45, 7) is 3.22. The first-order valence-electron chi connectivity index (χ1n) is 4.98. The van der Waals surface area contributed by atoms with E-state index in [1.165, 1.54) is 0 Å². The number of rotatable bonds is 4. The van der Waals surface area contributed by atoms with Crippen LogP contribution in [0.25, 0.3) is 0 Å². The van der Waals surface area contributed by atoms with E-state index in [0.717, 1.165) is 51.6 Å². The van der Waals surface area contributed by atoms with Gasteiger partial charge >= 0.3 is 0 Å². The molecular formula is C11H17NO. The molecule has 0 radical (unpaired) electrons. The Labute approximate surface area is 80.3 Å². The maximum Gasteiger partial charge on any atom is 0.123 e. The van der Waals surface area contributed by atoms with Crippen molar-refractivity contribution in [3.63, 3.8) is 0 Å². The molecule has 0 unspecified atom stereocenters. The molecule has 2 heteroatoms. The zero-order valence-corrected chi connectivity index (χ0v) is 8.04. The van der Waals surface area contributed by atoms with Gasteiger partial charge in [0.1, 0.15) is 6.29 Å². The van der Waals surface area contributed by atoms with Crippen molar-refractivity contribution in [3.8, 4) is 12.3 Å². The quantitative estimate of drug-likeness (QED) is 0.368. The molecule has 1 heterocycles. The van der Waals surface area contributed by atoms with Crippen molar-refractivity contribution in [2.75, 3.05) is 19.6 Å². The predicted octanol–water partition coefficient (Wildman–Crippen LogP) is 1.31. The third kappa shape index (κ3) is 3.61. The molecule has 0 amide bonds. The molecule has 1 rings (SSSR count). The highest BCUT2D eigenvalue weighted by molar-refractivity contribution is 5.53. The van der Waals surface area contributed by atoms with Crippen LogP contribution >= 0.6 is 0 Å². The Balaban J connectivity index is 2.11. The van der Waals surface area contributed by atoms with Gasteiger partial charge in [0.05, 0.1) is 0 Å². The summed E-state index contributed by atoms with van der Waals surface area (Å²) < 4.78 is 0. The number of piperidine rings is 1. The molecule has 0 aromatic rings. The van der Waals surface area contributed by atoms with E-state index in [1.807, 2.05) is 0 Å². The van der Waals surface area contributed by atoms with Crippen molar-refractivity contribution in [2.24, 2.45) is 5.92 Å². The van der Waals surface area contributed by atoms with Crippen molar-refractivity contribution < 1.29 is 4.79 Å². The standard InChI is InChI=1S/C11H17NO/c1-2-3-4-7-12-8-5-11(10-13)6-9-12/h1,10-11H,3-9H2. The second-order valence-electron chi connectivity index (χ2n) is 3.62. The molecule has 1 aliphatic rings. The van der Waals surface area contributed by atoms with E-state index in [9.17, 15) is 4.79 Å². The van der Waals surface area contributed by atoms with Gasteiger partial charge in [-0.1, -0.05) is 0 Å². The Morgan fingerprint density at radius 3 is 2.69 bits per heavy atom. The fourth-order valence-corrected chi connectivity index (χ4v) is 1.72. The van der Waals surface area contributed by atoms with Crippen LogP contribution in [0.15, 0.2) is 0 Å². The first-order valence-corrected chi connectivity index (χ1v) is 4.98.